The zero-order valence-electron chi connectivity index (χ0n) is 12.1. The fraction of sp³-hybridized carbons (Fsp3) is 0.647. The third-order valence-corrected chi connectivity index (χ3v) is 3.74. The van der Waals surface area contributed by atoms with Gasteiger partial charge < -0.3 is 5.32 Å². The van der Waals surface area contributed by atoms with Crippen LogP contribution in [-0.4, -0.2) is 6.54 Å². The predicted molar refractivity (Wildman–Crippen MR) is 78.7 cm³/mol. The van der Waals surface area contributed by atoms with Crippen molar-refractivity contribution in [3.05, 3.63) is 35.4 Å². The van der Waals surface area contributed by atoms with Gasteiger partial charge in [0, 0.05) is 6.04 Å². The minimum Gasteiger partial charge on any atom is -0.310 e. The molecule has 0 spiro atoms. The number of hydrogen-bond acceptors (Lipinski definition) is 1. The van der Waals surface area contributed by atoms with E-state index in [4.69, 9.17) is 0 Å². The summed E-state index contributed by atoms with van der Waals surface area (Å²) in [6, 6.07) is 9.84. The molecule has 0 saturated heterocycles. The maximum Gasteiger partial charge on any atom is 0.0322 e. The zero-order valence-corrected chi connectivity index (χ0v) is 12.1. The topological polar surface area (TPSA) is 12.0 Å². The predicted octanol–water partition coefficient (Wildman–Crippen LogP) is 4.34. The largest absolute Gasteiger partial charge is 0.310 e. The van der Waals surface area contributed by atoms with E-state index in [0.29, 0.717) is 6.04 Å². The molecule has 18 heavy (non-hydrogen) atoms. The van der Waals surface area contributed by atoms with Crippen LogP contribution in [0.2, 0.25) is 0 Å². The average Bonchev–Trinajstić information content (AvgIpc) is 3.13. The lowest BCUT2D eigenvalue weighted by Crippen LogP contribution is -2.21. The van der Waals surface area contributed by atoms with E-state index in [-0.39, 0.29) is 0 Å². The van der Waals surface area contributed by atoms with Crippen molar-refractivity contribution in [2.24, 2.45) is 11.8 Å². The maximum atomic E-state index is 3.63. The van der Waals surface area contributed by atoms with E-state index >= 15 is 0 Å². The monoisotopic (exact) mass is 245 g/mol. The van der Waals surface area contributed by atoms with Gasteiger partial charge >= 0.3 is 0 Å². The van der Waals surface area contributed by atoms with Gasteiger partial charge in [-0.1, -0.05) is 57.9 Å². The standard InChI is InChI=1S/C17H27N/c1-4-18-17(12-15-5-6-15)16-9-7-14(8-10-16)11-13(2)3/h7-10,13,15,17-18H,4-6,11-12H2,1-3H3. The maximum absolute atomic E-state index is 3.63. The Balaban J connectivity index is 2.00. The molecular formula is C17H27N. The Kier molecular flexibility index (Phi) is 4.82. The van der Waals surface area contributed by atoms with Gasteiger partial charge in [-0.05, 0) is 42.3 Å². The van der Waals surface area contributed by atoms with E-state index in [1.54, 1.807) is 0 Å². The van der Waals surface area contributed by atoms with Crippen LogP contribution >= 0.6 is 0 Å². The Morgan fingerprint density at radius 2 is 1.83 bits per heavy atom. The molecule has 0 heterocycles. The highest BCUT2D eigenvalue weighted by Crippen LogP contribution is 2.37. The Morgan fingerprint density at radius 1 is 1.17 bits per heavy atom. The number of benzene rings is 1. The molecule has 1 nitrogen and oxygen atoms in total. The summed E-state index contributed by atoms with van der Waals surface area (Å²) in [5.41, 5.74) is 2.94. The molecule has 1 unspecified atom stereocenters. The highest BCUT2D eigenvalue weighted by molar-refractivity contribution is 5.25. The second kappa shape index (κ2) is 6.38. The first kappa shape index (κ1) is 13.6. The molecular weight excluding hydrogens is 218 g/mol. The molecule has 1 N–H and O–H groups in total. The van der Waals surface area contributed by atoms with Crippen LogP contribution in [0.4, 0.5) is 0 Å². The first-order valence-corrected chi connectivity index (χ1v) is 7.51. The Morgan fingerprint density at radius 3 is 2.33 bits per heavy atom. The fourth-order valence-electron chi connectivity index (χ4n) is 2.63. The third-order valence-electron chi connectivity index (χ3n) is 3.74. The van der Waals surface area contributed by atoms with Gasteiger partial charge in [-0.2, -0.15) is 0 Å². The van der Waals surface area contributed by atoms with Crippen molar-refractivity contribution < 1.29 is 0 Å². The molecule has 1 aromatic carbocycles. The normalized spacial score (nSPS) is 17.1. The number of hydrogen-bond donors (Lipinski definition) is 1. The van der Waals surface area contributed by atoms with Crippen LogP contribution in [0.1, 0.15) is 57.2 Å². The summed E-state index contributed by atoms with van der Waals surface area (Å²) in [4.78, 5) is 0. The molecule has 1 aromatic rings. The van der Waals surface area contributed by atoms with Gasteiger partial charge in [-0.15, -0.1) is 0 Å². The molecule has 1 aliphatic carbocycles. The summed E-state index contributed by atoms with van der Waals surface area (Å²) in [5, 5.41) is 3.63. The molecule has 1 atom stereocenters. The van der Waals surface area contributed by atoms with Gasteiger partial charge in [0.1, 0.15) is 0 Å². The zero-order chi connectivity index (χ0) is 13.0. The van der Waals surface area contributed by atoms with Crippen molar-refractivity contribution in [1.82, 2.24) is 5.32 Å². The third kappa shape index (κ3) is 4.13. The van der Waals surface area contributed by atoms with Gasteiger partial charge in [0.05, 0.1) is 0 Å². The van der Waals surface area contributed by atoms with E-state index in [1.807, 2.05) is 0 Å². The second-order valence-corrected chi connectivity index (χ2v) is 6.13. The summed E-state index contributed by atoms with van der Waals surface area (Å²) in [6.07, 6.45) is 5.38. The number of nitrogens with one attached hydrogen (secondary N) is 1. The van der Waals surface area contributed by atoms with Crippen LogP contribution in [0.25, 0.3) is 0 Å². The van der Waals surface area contributed by atoms with Gasteiger partial charge in [0.25, 0.3) is 0 Å². The lowest BCUT2D eigenvalue weighted by molar-refractivity contribution is 0.486. The Bertz CT molecular complexity index is 348. The first-order chi connectivity index (χ1) is 8.69. The number of rotatable bonds is 7. The van der Waals surface area contributed by atoms with Crippen LogP contribution in [0.3, 0.4) is 0 Å². The van der Waals surface area contributed by atoms with Gasteiger partial charge in [-0.3, -0.25) is 0 Å². The van der Waals surface area contributed by atoms with Crippen LogP contribution in [0.15, 0.2) is 24.3 Å². The molecule has 0 bridgehead atoms. The van der Waals surface area contributed by atoms with Gasteiger partial charge in [0.15, 0.2) is 0 Å². The average molecular weight is 245 g/mol. The van der Waals surface area contributed by atoms with Crippen LogP contribution in [-0.2, 0) is 6.42 Å². The second-order valence-electron chi connectivity index (χ2n) is 6.13. The minimum absolute atomic E-state index is 0.565. The molecule has 1 heteroatoms. The molecule has 0 aromatic heterocycles. The van der Waals surface area contributed by atoms with Gasteiger partial charge in [-0.25, -0.2) is 0 Å². The van der Waals surface area contributed by atoms with Crippen LogP contribution in [0.5, 0.6) is 0 Å². The van der Waals surface area contributed by atoms with Crippen molar-refractivity contribution in [3.8, 4) is 0 Å². The van der Waals surface area contributed by atoms with Crippen molar-refractivity contribution in [3.63, 3.8) is 0 Å². The fourth-order valence-corrected chi connectivity index (χ4v) is 2.63. The van der Waals surface area contributed by atoms with E-state index in [1.165, 1.54) is 36.8 Å². The smallest absolute Gasteiger partial charge is 0.0322 e. The Hall–Kier alpha value is -0.820. The van der Waals surface area contributed by atoms with Crippen molar-refractivity contribution in [2.45, 2.75) is 52.5 Å². The molecule has 0 amide bonds. The summed E-state index contributed by atoms with van der Waals surface area (Å²) in [5.74, 6) is 1.72. The van der Waals surface area contributed by atoms with E-state index in [2.05, 4.69) is 50.4 Å². The highest BCUT2D eigenvalue weighted by Gasteiger charge is 2.25. The minimum atomic E-state index is 0.565. The van der Waals surface area contributed by atoms with Gasteiger partial charge in [0.2, 0.25) is 0 Å². The van der Waals surface area contributed by atoms with Crippen LogP contribution in [0, 0.1) is 11.8 Å². The van der Waals surface area contributed by atoms with E-state index in [9.17, 15) is 0 Å². The van der Waals surface area contributed by atoms with E-state index in [0.717, 1.165) is 18.4 Å². The molecule has 1 saturated carbocycles. The van der Waals surface area contributed by atoms with Crippen LogP contribution < -0.4 is 5.32 Å². The van der Waals surface area contributed by atoms with Crippen molar-refractivity contribution >= 4 is 0 Å². The molecule has 1 aliphatic rings. The molecule has 0 radical (unpaired) electrons. The molecule has 2 rings (SSSR count). The van der Waals surface area contributed by atoms with E-state index < -0.39 is 0 Å². The lowest BCUT2D eigenvalue weighted by atomic mass is 9.97. The molecule has 1 fully saturated rings. The summed E-state index contributed by atoms with van der Waals surface area (Å²) in [7, 11) is 0. The quantitative estimate of drug-likeness (QED) is 0.753. The lowest BCUT2D eigenvalue weighted by Gasteiger charge is -2.18. The summed E-state index contributed by atoms with van der Waals surface area (Å²) >= 11 is 0. The summed E-state index contributed by atoms with van der Waals surface area (Å²) < 4.78 is 0. The Labute approximate surface area is 112 Å². The molecule has 100 valence electrons. The van der Waals surface area contributed by atoms with Crippen molar-refractivity contribution in [2.75, 3.05) is 6.54 Å². The SMILES string of the molecule is CCNC(CC1CC1)c1ccc(CC(C)C)cc1. The highest BCUT2D eigenvalue weighted by atomic mass is 14.9. The van der Waals surface area contributed by atoms with Crippen molar-refractivity contribution in [1.29, 1.82) is 0 Å². The summed E-state index contributed by atoms with van der Waals surface area (Å²) in [6.45, 7) is 7.82. The first-order valence-electron chi connectivity index (χ1n) is 7.51. The molecule has 0 aliphatic heterocycles.